The molecule has 0 bridgehead atoms. The number of rotatable bonds is 6. The van der Waals surface area contributed by atoms with E-state index in [0.717, 1.165) is 115 Å². The maximum Gasteiger partial charge on any atom is 0.416 e. The molecule has 0 saturated heterocycles. The van der Waals surface area contributed by atoms with Crippen LogP contribution in [0.4, 0.5) is 46.2 Å². The SMILES string of the molecule is N#Cc1ccc2nc(N=Nc3cc4c5c(c3S(=O)(=O)O)CCCN5CCC4)sc2c1.O=S(=O)(O)c1c(N=Nc2nc3ccc(C(F)(F)F)cc3s2)cc2c3c1CCCN3CCC2.[Pd]. The molecule has 6 aromatic rings. The van der Waals surface area contributed by atoms with Gasteiger partial charge in [0.25, 0.3) is 20.2 Å². The molecule has 330 valence electrons. The van der Waals surface area contributed by atoms with Crippen LogP contribution in [-0.2, 0) is 72.5 Å². The maximum atomic E-state index is 12.9. The first-order valence-corrected chi connectivity index (χ1v) is 24.0. The fraction of sp³-hybridized carbons (Fsp3) is 0.325. The molecule has 2 aromatic heterocycles. The number of thiazole rings is 2. The molecule has 0 radical (unpaired) electrons. The third-order valence-electron chi connectivity index (χ3n) is 11.1. The molecule has 6 heterocycles. The summed E-state index contributed by atoms with van der Waals surface area (Å²) < 4.78 is 109. The van der Waals surface area contributed by atoms with E-state index < -0.39 is 32.0 Å². The van der Waals surface area contributed by atoms with E-state index in [4.69, 9.17) is 5.26 Å². The number of nitriles is 1. The van der Waals surface area contributed by atoms with Crippen LogP contribution in [-0.4, -0.2) is 62.1 Å². The molecule has 2 N–H and O–H groups in total. The molecule has 0 spiro atoms. The van der Waals surface area contributed by atoms with Crippen LogP contribution in [0, 0.1) is 11.3 Å². The van der Waals surface area contributed by atoms with Gasteiger partial charge in [-0.05, 0) is 122 Å². The van der Waals surface area contributed by atoms with E-state index in [1.807, 2.05) is 0 Å². The molecule has 15 nitrogen and oxygen atoms in total. The van der Waals surface area contributed by atoms with Crippen molar-refractivity contribution in [1.29, 1.82) is 5.26 Å². The van der Waals surface area contributed by atoms with Crippen molar-refractivity contribution in [1.82, 2.24) is 9.97 Å². The Balaban J connectivity index is 0.000000170. The Labute approximate surface area is 380 Å². The summed E-state index contributed by atoms with van der Waals surface area (Å²) in [6, 6.07) is 13.8. The van der Waals surface area contributed by atoms with Crippen molar-refractivity contribution in [2.24, 2.45) is 20.5 Å². The fourth-order valence-electron chi connectivity index (χ4n) is 8.70. The molecule has 0 amide bonds. The Bertz CT molecular complexity index is 3150. The molecular formula is C40H34F3N9O6PdS4. The van der Waals surface area contributed by atoms with E-state index in [1.54, 1.807) is 30.3 Å². The first-order chi connectivity index (χ1) is 29.5. The zero-order valence-corrected chi connectivity index (χ0v) is 37.6. The van der Waals surface area contributed by atoms with Crippen molar-refractivity contribution in [2.75, 3.05) is 36.0 Å². The summed E-state index contributed by atoms with van der Waals surface area (Å²) >= 11 is 2.19. The third kappa shape index (κ3) is 9.00. The molecule has 0 atom stereocenters. The molecule has 0 fully saturated rings. The van der Waals surface area contributed by atoms with Crippen molar-refractivity contribution in [2.45, 2.75) is 67.3 Å². The van der Waals surface area contributed by atoms with Gasteiger partial charge in [-0.3, -0.25) is 9.11 Å². The minimum atomic E-state index is -4.57. The molecule has 23 heteroatoms. The Hall–Kier alpha value is -4.78. The Kier molecular flexibility index (Phi) is 12.3. The van der Waals surface area contributed by atoms with Crippen LogP contribution >= 0.6 is 22.7 Å². The number of halogens is 3. The minimum Gasteiger partial charge on any atom is -0.371 e. The first kappa shape index (κ1) is 44.8. The second kappa shape index (κ2) is 17.3. The van der Waals surface area contributed by atoms with Gasteiger partial charge in [-0.15, -0.1) is 20.5 Å². The van der Waals surface area contributed by atoms with Gasteiger partial charge in [0, 0.05) is 58.0 Å². The molecule has 0 aliphatic carbocycles. The standard InChI is InChI=1S/C20H17F3N4O3S2.C20H17N5O3S2.Pd/c21-20(22,23)12-5-6-14-16(10-12)31-19(24-14)26-25-15-9-11-3-1-7-27-8-2-4-13(17(11)27)18(15)32(28,29)30;21-11-12-5-6-15-17(9-12)29-20(22-15)24-23-16-10-13-3-1-7-25-8-2-4-14(18(13)25)19(16)30(26,27)28;/h5-6,9-10H,1-4,7-8H2,(H,28,29,30);5-6,9-10H,1-4,7-8H2,(H,26,27,28);. The topological polar surface area (TPSA) is 214 Å². The zero-order valence-electron chi connectivity index (χ0n) is 32.7. The number of aryl methyl sites for hydroxylation is 2. The first-order valence-electron chi connectivity index (χ1n) is 19.5. The molecular weight excluding hydrogens is 994 g/mol. The van der Waals surface area contributed by atoms with Crippen molar-refractivity contribution in [3.8, 4) is 6.07 Å². The van der Waals surface area contributed by atoms with Gasteiger partial charge in [-0.25, -0.2) is 9.97 Å². The molecule has 0 saturated carbocycles. The number of hydrogen-bond donors (Lipinski definition) is 2. The van der Waals surface area contributed by atoms with Crippen LogP contribution in [0.3, 0.4) is 0 Å². The third-order valence-corrected chi connectivity index (χ3v) is 14.9. The Morgan fingerprint density at radius 3 is 1.54 bits per heavy atom. The van der Waals surface area contributed by atoms with E-state index >= 15 is 0 Å². The van der Waals surface area contributed by atoms with E-state index in [9.17, 15) is 39.1 Å². The largest absolute Gasteiger partial charge is 0.416 e. The second-order valence-electron chi connectivity index (χ2n) is 15.1. The Morgan fingerprint density at radius 1 is 0.651 bits per heavy atom. The van der Waals surface area contributed by atoms with Gasteiger partial charge in [0.2, 0.25) is 10.3 Å². The maximum absolute atomic E-state index is 12.9. The van der Waals surface area contributed by atoms with E-state index in [2.05, 4.69) is 46.3 Å². The van der Waals surface area contributed by atoms with Gasteiger partial charge >= 0.3 is 6.18 Å². The van der Waals surface area contributed by atoms with Crippen molar-refractivity contribution in [3.63, 3.8) is 0 Å². The van der Waals surface area contributed by atoms with Crippen LogP contribution in [0.1, 0.15) is 59.1 Å². The number of hydrogen-bond acceptors (Lipinski definition) is 15. The monoisotopic (exact) mass is 1030 g/mol. The Morgan fingerprint density at radius 2 is 1.10 bits per heavy atom. The molecule has 4 aliphatic rings. The van der Waals surface area contributed by atoms with Gasteiger partial charge in [-0.1, -0.05) is 22.7 Å². The summed E-state index contributed by atoms with van der Waals surface area (Å²) in [5.41, 5.74) is 5.89. The summed E-state index contributed by atoms with van der Waals surface area (Å²) in [4.78, 5) is 12.5. The van der Waals surface area contributed by atoms with Crippen molar-refractivity contribution < 1.29 is 59.5 Å². The summed E-state index contributed by atoms with van der Waals surface area (Å²) in [7, 11) is -9.04. The average Bonchev–Trinajstić information content (AvgIpc) is 3.84. The molecule has 4 aromatic carbocycles. The fourth-order valence-corrected chi connectivity index (χ4v) is 12.1. The van der Waals surface area contributed by atoms with E-state index in [0.29, 0.717) is 50.4 Å². The van der Waals surface area contributed by atoms with Gasteiger partial charge < -0.3 is 9.80 Å². The number of benzene rings is 4. The summed E-state index contributed by atoms with van der Waals surface area (Å²) in [6.07, 6.45) is 1.71. The predicted octanol–water partition coefficient (Wildman–Crippen LogP) is 10.2. The second-order valence-corrected chi connectivity index (χ2v) is 19.9. The summed E-state index contributed by atoms with van der Waals surface area (Å²) in [5.74, 6) is 0. The number of fused-ring (bicyclic) bond motifs is 2. The number of anilines is 2. The van der Waals surface area contributed by atoms with Crippen LogP contribution < -0.4 is 9.80 Å². The van der Waals surface area contributed by atoms with Crippen molar-refractivity contribution >= 4 is 96.4 Å². The van der Waals surface area contributed by atoms with E-state index in [-0.39, 0.29) is 46.7 Å². The number of alkyl halides is 3. The van der Waals surface area contributed by atoms with Gasteiger partial charge in [0.05, 0.1) is 37.6 Å². The summed E-state index contributed by atoms with van der Waals surface area (Å²) in [5, 5.41) is 25.9. The average molecular weight is 1030 g/mol. The van der Waals surface area contributed by atoms with E-state index in [1.165, 1.54) is 17.4 Å². The zero-order chi connectivity index (χ0) is 43.6. The van der Waals surface area contributed by atoms with Gasteiger partial charge in [0.15, 0.2) is 0 Å². The van der Waals surface area contributed by atoms with Crippen LogP contribution in [0.25, 0.3) is 20.4 Å². The number of nitrogens with zero attached hydrogens (tertiary/aromatic N) is 9. The normalized spacial score (nSPS) is 16.1. The summed E-state index contributed by atoms with van der Waals surface area (Å²) in [6.45, 7) is 3.44. The molecule has 0 unspecified atom stereocenters. The number of azo groups is 2. The predicted molar refractivity (Wildman–Crippen MR) is 228 cm³/mol. The van der Waals surface area contributed by atoms with Gasteiger partial charge in [-0.2, -0.15) is 35.3 Å². The van der Waals surface area contributed by atoms with Crippen LogP contribution in [0.15, 0.2) is 78.8 Å². The minimum absolute atomic E-state index is 0. The van der Waals surface area contributed by atoms with Gasteiger partial charge in [0.1, 0.15) is 21.2 Å². The number of aromatic nitrogens is 2. The van der Waals surface area contributed by atoms with Crippen LogP contribution in [0.2, 0.25) is 0 Å². The smallest absolute Gasteiger partial charge is 0.371 e. The van der Waals surface area contributed by atoms with Crippen molar-refractivity contribution in [3.05, 3.63) is 81.9 Å². The molecule has 63 heavy (non-hydrogen) atoms. The molecule has 4 aliphatic heterocycles. The quantitative estimate of drug-likeness (QED) is 0.0909. The van der Waals surface area contributed by atoms with Crippen LogP contribution in [0.5, 0.6) is 0 Å². The molecule has 10 rings (SSSR count).